The maximum absolute atomic E-state index is 5.71. The van der Waals surface area contributed by atoms with Crippen molar-refractivity contribution in [2.75, 3.05) is 19.8 Å². The summed E-state index contributed by atoms with van der Waals surface area (Å²) in [7, 11) is 0. The van der Waals surface area contributed by atoms with Gasteiger partial charge in [-0.25, -0.2) is 0 Å². The number of ether oxygens (including phenoxy) is 1. The molecule has 2 nitrogen and oxygen atoms in total. The van der Waals surface area contributed by atoms with E-state index in [-0.39, 0.29) is 0 Å². The Balaban J connectivity index is 1.91. The van der Waals surface area contributed by atoms with Crippen molar-refractivity contribution < 1.29 is 4.74 Å². The number of hydrogen-bond acceptors (Lipinski definition) is 2. The van der Waals surface area contributed by atoms with Crippen molar-refractivity contribution in [1.82, 2.24) is 5.32 Å². The Labute approximate surface area is 88.4 Å². The molecule has 1 unspecified atom stereocenters. The van der Waals surface area contributed by atoms with Crippen LogP contribution < -0.4 is 5.32 Å². The molecular formula is C12H25NO. The molecule has 1 N–H and O–H groups in total. The van der Waals surface area contributed by atoms with Crippen LogP contribution in [0.2, 0.25) is 0 Å². The van der Waals surface area contributed by atoms with Gasteiger partial charge in [0.2, 0.25) is 0 Å². The van der Waals surface area contributed by atoms with Crippen molar-refractivity contribution in [2.24, 2.45) is 5.92 Å². The van der Waals surface area contributed by atoms with E-state index in [0.717, 1.165) is 25.7 Å². The van der Waals surface area contributed by atoms with Gasteiger partial charge < -0.3 is 10.1 Å². The zero-order chi connectivity index (χ0) is 10.2. The highest BCUT2D eigenvalue weighted by molar-refractivity contribution is 4.67. The van der Waals surface area contributed by atoms with Crippen molar-refractivity contribution in [1.29, 1.82) is 0 Å². The molecule has 2 heteroatoms. The Morgan fingerprint density at radius 2 is 2.07 bits per heavy atom. The monoisotopic (exact) mass is 199 g/mol. The molecule has 1 atom stereocenters. The lowest BCUT2D eigenvalue weighted by atomic mass is 10.1. The molecule has 1 aliphatic carbocycles. The first kappa shape index (κ1) is 12.0. The topological polar surface area (TPSA) is 21.3 Å². The van der Waals surface area contributed by atoms with Gasteiger partial charge in [-0.05, 0) is 38.6 Å². The second-order valence-electron chi connectivity index (χ2n) is 4.54. The molecule has 1 aliphatic rings. The van der Waals surface area contributed by atoms with Crippen LogP contribution in [0.15, 0.2) is 0 Å². The lowest BCUT2D eigenvalue weighted by Crippen LogP contribution is -2.31. The fourth-order valence-corrected chi connectivity index (χ4v) is 2.04. The number of nitrogens with one attached hydrogen (secondary N) is 1. The molecule has 14 heavy (non-hydrogen) atoms. The standard InChI is InChI=1S/C12H25NO/c1-3-8-13-11(2)9-14-10-12-6-4-5-7-12/h11-13H,3-10H2,1-2H3. The predicted molar refractivity (Wildman–Crippen MR) is 60.5 cm³/mol. The molecular weight excluding hydrogens is 174 g/mol. The van der Waals surface area contributed by atoms with E-state index in [1.54, 1.807) is 0 Å². The Morgan fingerprint density at radius 3 is 2.71 bits per heavy atom. The van der Waals surface area contributed by atoms with Gasteiger partial charge in [-0.3, -0.25) is 0 Å². The quantitative estimate of drug-likeness (QED) is 0.680. The molecule has 0 amide bonds. The SMILES string of the molecule is CCCNC(C)COCC1CCCC1. The maximum atomic E-state index is 5.71. The van der Waals surface area contributed by atoms with Crippen LogP contribution in [0.25, 0.3) is 0 Å². The van der Waals surface area contributed by atoms with Gasteiger partial charge in [0.1, 0.15) is 0 Å². The smallest absolute Gasteiger partial charge is 0.0617 e. The minimum absolute atomic E-state index is 0.511. The molecule has 1 fully saturated rings. The van der Waals surface area contributed by atoms with Crippen LogP contribution >= 0.6 is 0 Å². The number of rotatable bonds is 7. The van der Waals surface area contributed by atoms with E-state index in [1.165, 1.54) is 32.1 Å². The van der Waals surface area contributed by atoms with Gasteiger partial charge >= 0.3 is 0 Å². The van der Waals surface area contributed by atoms with Crippen molar-refractivity contribution in [3.05, 3.63) is 0 Å². The summed E-state index contributed by atoms with van der Waals surface area (Å²) >= 11 is 0. The van der Waals surface area contributed by atoms with E-state index in [2.05, 4.69) is 19.2 Å². The fraction of sp³-hybridized carbons (Fsp3) is 1.00. The Morgan fingerprint density at radius 1 is 1.36 bits per heavy atom. The van der Waals surface area contributed by atoms with Crippen LogP contribution in [0.1, 0.15) is 46.0 Å². The summed E-state index contributed by atoms with van der Waals surface area (Å²) in [5.41, 5.74) is 0. The Hall–Kier alpha value is -0.0800. The Bertz CT molecular complexity index is 132. The van der Waals surface area contributed by atoms with Crippen LogP contribution in [0.5, 0.6) is 0 Å². The van der Waals surface area contributed by atoms with E-state index in [0.29, 0.717) is 6.04 Å². The van der Waals surface area contributed by atoms with E-state index >= 15 is 0 Å². The van der Waals surface area contributed by atoms with Crippen LogP contribution in [-0.4, -0.2) is 25.8 Å². The normalized spacial score (nSPS) is 20.1. The van der Waals surface area contributed by atoms with Gasteiger partial charge in [-0.2, -0.15) is 0 Å². The minimum atomic E-state index is 0.511. The third-order valence-corrected chi connectivity index (χ3v) is 2.94. The summed E-state index contributed by atoms with van der Waals surface area (Å²) in [6, 6.07) is 0.511. The van der Waals surface area contributed by atoms with Gasteiger partial charge in [0.25, 0.3) is 0 Å². The first-order chi connectivity index (χ1) is 6.83. The molecule has 0 spiro atoms. The first-order valence-corrected chi connectivity index (χ1v) is 6.14. The number of hydrogen-bond donors (Lipinski definition) is 1. The molecule has 0 aromatic heterocycles. The van der Waals surface area contributed by atoms with E-state index in [4.69, 9.17) is 4.74 Å². The van der Waals surface area contributed by atoms with Gasteiger partial charge in [-0.15, -0.1) is 0 Å². The summed E-state index contributed by atoms with van der Waals surface area (Å²) in [5, 5.41) is 3.43. The third kappa shape index (κ3) is 4.97. The van der Waals surface area contributed by atoms with Crippen molar-refractivity contribution in [3.8, 4) is 0 Å². The van der Waals surface area contributed by atoms with E-state index < -0.39 is 0 Å². The van der Waals surface area contributed by atoms with Gasteiger partial charge in [0.05, 0.1) is 6.61 Å². The average molecular weight is 199 g/mol. The Kier molecular flexibility index (Phi) is 6.20. The molecule has 0 bridgehead atoms. The van der Waals surface area contributed by atoms with Gasteiger partial charge in [-0.1, -0.05) is 19.8 Å². The fourth-order valence-electron chi connectivity index (χ4n) is 2.04. The summed E-state index contributed by atoms with van der Waals surface area (Å²) in [6.45, 7) is 7.35. The van der Waals surface area contributed by atoms with Crippen molar-refractivity contribution >= 4 is 0 Å². The molecule has 0 radical (unpaired) electrons. The van der Waals surface area contributed by atoms with Crippen molar-refractivity contribution in [3.63, 3.8) is 0 Å². The second-order valence-corrected chi connectivity index (χ2v) is 4.54. The molecule has 0 aliphatic heterocycles. The van der Waals surface area contributed by atoms with E-state index in [1.807, 2.05) is 0 Å². The lowest BCUT2D eigenvalue weighted by molar-refractivity contribution is 0.0864. The third-order valence-electron chi connectivity index (χ3n) is 2.94. The van der Waals surface area contributed by atoms with E-state index in [9.17, 15) is 0 Å². The molecule has 1 rings (SSSR count). The summed E-state index contributed by atoms with van der Waals surface area (Å²) in [5.74, 6) is 0.855. The highest BCUT2D eigenvalue weighted by Gasteiger charge is 2.14. The van der Waals surface area contributed by atoms with Crippen molar-refractivity contribution in [2.45, 2.75) is 52.0 Å². The average Bonchev–Trinajstić information content (AvgIpc) is 2.67. The lowest BCUT2D eigenvalue weighted by Gasteiger charge is -2.15. The highest BCUT2D eigenvalue weighted by Crippen LogP contribution is 2.24. The zero-order valence-electron chi connectivity index (χ0n) is 9.72. The molecule has 0 heterocycles. The molecule has 84 valence electrons. The summed E-state index contributed by atoms with van der Waals surface area (Å²) in [6.07, 6.45) is 6.80. The molecule has 0 aromatic carbocycles. The molecule has 0 saturated heterocycles. The largest absolute Gasteiger partial charge is 0.380 e. The minimum Gasteiger partial charge on any atom is -0.380 e. The van der Waals surface area contributed by atoms with Crippen LogP contribution in [-0.2, 0) is 4.74 Å². The second kappa shape index (κ2) is 7.24. The highest BCUT2D eigenvalue weighted by atomic mass is 16.5. The summed E-state index contributed by atoms with van der Waals surface area (Å²) in [4.78, 5) is 0. The first-order valence-electron chi connectivity index (χ1n) is 6.14. The summed E-state index contributed by atoms with van der Waals surface area (Å²) < 4.78 is 5.71. The maximum Gasteiger partial charge on any atom is 0.0617 e. The van der Waals surface area contributed by atoms with Gasteiger partial charge in [0.15, 0.2) is 0 Å². The van der Waals surface area contributed by atoms with Crippen LogP contribution in [0.3, 0.4) is 0 Å². The molecule has 1 saturated carbocycles. The molecule has 0 aromatic rings. The van der Waals surface area contributed by atoms with Gasteiger partial charge in [0, 0.05) is 12.6 Å². The van der Waals surface area contributed by atoms with Crippen LogP contribution in [0.4, 0.5) is 0 Å². The zero-order valence-corrected chi connectivity index (χ0v) is 9.72. The van der Waals surface area contributed by atoms with Crippen LogP contribution in [0, 0.1) is 5.92 Å². The predicted octanol–water partition coefficient (Wildman–Crippen LogP) is 2.58.